The Hall–Kier alpha value is -3.92. The molecule has 1 atom stereocenters. The third-order valence-corrected chi connectivity index (χ3v) is 6.62. The number of para-hydroxylation sites is 1. The molecule has 0 spiro atoms. The topological polar surface area (TPSA) is 103 Å². The highest BCUT2D eigenvalue weighted by Crippen LogP contribution is 2.33. The third-order valence-electron chi connectivity index (χ3n) is 5.47. The van der Waals surface area contributed by atoms with E-state index >= 15 is 0 Å². The molecule has 1 amide bonds. The lowest BCUT2D eigenvalue weighted by Crippen LogP contribution is -2.38. The van der Waals surface area contributed by atoms with Crippen molar-refractivity contribution >= 4 is 23.9 Å². The number of hydrogen-bond donors (Lipinski definition) is 1. The zero-order valence-corrected chi connectivity index (χ0v) is 21.4. The monoisotopic (exact) mass is 514 g/mol. The van der Waals surface area contributed by atoms with E-state index in [0.717, 1.165) is 5.56 Å². The summed E-state index contributed by atoms with van der Waals surface area (Å²) in [7, 11) is 1.90. The van der Waals surface area contributed by atoms with Crippen LogP contribution in [0.2, 0.25) is 0 Å². The zero-order chi connectivity index (χ0) is 26.4. The summed E-state index contributed by atoms with van der Waals surface area (Å²) < 4.78 is 32.7. The summed E-state index contributed by atoms with van der Waals surface area (Å²) in [5.74, 6) is -0.304. The van der Waals surface area contributed by atoms with Crippen molar-refractivity contribution in [2.75, 3.05) is 0 Å². The van der Waals surface area contributed by atoms with Crippen LogP contribution < -0.4 is 9.50 Å². The predicted octanol–water partition coefficient (Wildman–Crippen LogP) is 4.04. The Balaban J connectivity index is 1.69. The Morgan fingerprint density at radius 1 is 1.03 bits per heavy atom. The second-order valence-corrected chi connectivity index (χ2v) is 10.4. The van der Waals surface area contributed by atoms with E-state index in [2.05, 4.69) is 15.4 Å². The lowest BCUT2D eigenvalue weighted by atomic mass is 9.88. The van der Waals surface area contributed by atoms with Crippen molar-refractivity contribution in [3.8, 4) is 28.3 Å². The van der Waals surface area contributed by atoms with Crippen LogP contribution >= 0.6 is 0 Å². The molecule has 2 aromatic heterocycles. The molecular weight excluding hydrogens is 487 g/mol. The van der Waals surface area contributed by atoms with Crippen LogP contribution in [-0.4, -0.2) is 42.9 Å². The van der Waals surface area contributed by atoms with E-state index in [9.17, 15) is 13.2 Å². The Kier molecular flexibility index (Phi) is 8.08. The largest absolute Gasteiger partial charge is 0.377 e. The molecule has 0 aliphatic heterocycles. The first-order valence-corrected chi connectivity index (χ1v) is 13.3. The van der Waals surface area contributed by atoms with E-state index in [1.54, 1.807) is 47.1 Å². The maximum absolute atomic E-state index is 12.8. The van der Waals surface area contributed by atoms with Crippen molar-refractivity contribution in [3.05, 3.63) is 85.1 Å². The van der Waals surface area contributed by atoms with Gasteiger partial charge in [-0.2, -0.15) is 13.5 Å². The number of carbonyl (C=O) groups is 1. The van der Waals surface area contributed by atoms with Gasteiger partial charge in [-0.15, -0.1) is 0 Å². The fraction of sp³-hybridized carbons (Fsp3) is 0.222. The second-order valence-electron chi connectivity index (χ2n) is 8.94. The lowest BCUT2D eigenvalue weighted by molar-refractivity contribution is -0.122. The van der Waals surface area contributed by atoms with Crippen LogP contribution in [-0.2, 0) is 21.5 Å². The normalized spacial score (nSPS) is 12.3. The number of aromatic nitrogens is 3. The Bertz CT molecular complexity index is 1460. The molecule has 10 heteroatoms. The van der Waals surface area contributed by atoms with E-state index in [0.29, 0.717) is 29.3 Å². The molecule has 1 N–H and O–H groups in total. The number of nitrogens with one attached hydrogen (secondary N) is 1. The van der Waals surface area contributed by atoms with Gasteiger partial charge in [0.05, 0.1) is 19.2 Å². The van der Waals surface area contributed by atoms with Gasteiger partial charge in [0.25, 0.3) is 0 Å². The minimum absolute atomic E-state index is 0.0642. The van der Waals surface area contributed by atoms with Crippen molar-refractivity contribution in [1.82, 2.24) is 20.1 Å². The third kappa shape index (κ3) is 6.65. The van der Waals surface area contributed by atoms with Gasteiger partial charge in [-0.05, 0) is 54.2 Å². The molecule has 0 unspecified atom stereocenters. The van der Waals surface area contributed by atoms with Gasteiger partial charge in [0.15, 0.2) is 10.8 Å². The highest BCUT2D eigenvalue weighted by atomic mass is 32.2. The number of hydrogen-bond acceptors (Lipinski definition) is 6. The van der Waals surface area contributed by atoms with Gasteiger partial charge >= 0.3 is 10.1 Å². The van der Waals surface area contributed by atoms with Crippen molar-refractivity contribution in [1.29, 1.82) is 0 Å². The first-order valence-electron chi connectivity index (χ1n) is 11.9. The van der Waals surface area contributed by atoms with E-state index in [1.807, 2.05) is 44.2 Å². The molecule has 188 valence electrons. The number of benzene rings is 2. The van der Waals surface area contributed by atoms with Gasteiger partial charge in [-0.1, -0.05) is 62.4 Å². The lowest BCUT2D eigenvalue weighted by Gasteiger charge is -2.17. The predicted molar refractivity (Wildman–Crippen MR) is 142 cm³/mol. The highest BCUT2D eigenvalue weighted by Gasteiger charge is 2.22. The van der Waals surface area contributed by atoms with E-state index in [-0.39, 0.29) is 23.2 Å². The quantitative estimate of drug-likeness (QED) is 0.253. The van der Waals surface area contributed by atoms with Crippen LogP contribution in [0, 0.1) is 5.92 Å². The fourth-order valence-electron chi connectivity index (χ4n) is 3.87. The summed E-state index contributed by atoms with van der Waals surface area (Å²) in [5.41, 5.74) is 2.44. The molecule has 2 aromatic carbocycles. The maximum atomic E-state index is 12.8. The van der Waals surface area contributed by atoms with E-state index in [1.165, 1.54) is 12.3 Å². The average Bonchev–Trinajstić information content (AvgIpc) is 3.28. The van der Waals surface area contributed by atoms with Crippen LogP contribution in [0.25, 0.3) is 22.5 Å². The van der Waals surface area contributed by atoms with Crippen LogP contribution in [0.3, 0.4) is 0 Å². The fourth-order valence-corrected chi connectivity index (χ4v) is 4.77. The first-order chi connectivity index (χ1) is 17.7. The van der Waals surface area contributed by atoms with Gasteiger partial charge in [0.1, 0.15) is 6.54 Å². The molecule has 0 saturated heterocycles. The van der Waals surface area contributed by atoms with Crippen molar-refractivity contribution in [2.24, 2.45) is 5.92 Å². The standard InChI is InChI=1S/C27H27BN4O4S/c1-19(2)16-25(28)30-26(33)18-32-23(20-10-4-3-5-11-20)17-22(31-32)21-12-6-7-13-24(21)36-37(34,35)27-14-8-9-15-29-27/h3-15,17,19,25H,16,18H2,1-2H3,(H,30,33)/t25-/m0/s1. The molecule has 0 saturated carbocycles. The molecule has 37 heavy (non-hydrogen) atoms. The van der Waals surface area contributed by atoms with Crippen molar-refractivity contribution < 1.29 is 17.4 Å². The minimum atomic E-state index is -4.17. The highest BCUT2D eigenvalue weighted by molar-refractivity contribution is 7.87. The molecule has 0 aliphatic carbocycles. The minimum Gasteiger partial charge on any atom is -0.377 e. The number of nitrogens with zero attached hydrogens (tertiary/aromatic N) is 3. The molecule has 0 fully saturated rings. The van der Waals surface area contributed by atoms with Gasteiger partial charge in [-0.25, -0.2) is 4.98 Å². The molecule has 2 heterocycles. The van der Waals surface area contributed by atoms with Crippen LogP contribution in [0.1, 0.15) is 20.3 Å². The van der Waals surface area contributed by atoms with Crippen LogP contribution in [0.5, 0.6) is 5.75 Å². The number of amides is 1. The molecule has 0 bridgehead atoms. The Labute approximate surface area is 218 Å². The number of pyridine rings is 1. The van der Waals surface area contributed by atoms with Gasteiger partial charge in [0, 0.05) is 11.8 Å². The molecule has 4 rings (SSSR count). The second kappa shape index (κ2) is 11.4. The van der Waals surface area contributed by atoms with E-state index < -0.39 is 16.1 Å². The first kappa shape index (κ1) is 26.2. The van der Waals surface area contributed by atoms with Crippen molar-refractivity contribution in [3.63, 3.8) is 0 Å². The SMILES string of the molecule is [B][C@H](CC(C)C)NC(=O)Cn1nc(-c2ccccc2OS(=O)(=O)c2ccccn2)cc1-c1ccccc1. The summed E-state index contributed by atoms with van der Waals surface area (Å²) in [6.45, 7) is 4.00. The summed E-state index contributed by atoms with van der Waals surface area (Å²) in [6, 6.07) is 22.5. The summed E-state index contributed by atoms with van der Waals surface area (Å²) in [5, 5.41) is 7.27. The Morgan fingerprint density at radius 2 is 1.73 bits per heavy atom. The maximum Gasteiger partial charge on any atom is 0.356 e. The van der Waals surface area contributed by atoms with Gasteiger partial charge < -0.3 is 9.50 Å². The molecule has 0 aliphatic rings. The van der Waals surface area contributed by atoms with E-state index in [4.69, 9.17) is 12.0 Å². The smallest absolute Gasteiger partial charge is 0.356 e. The summed E-state index contributed by atoms with van der Waals surface area (Å²) in [4.78, 5) is 16.7. The van der Waals surface area contributed by atoms with Crippen LogP contribution in [0.15, 0.2) is 90.1 Å². The number of rotatable bonds is 10. The van der Waals surface area contributed by atoms with Crippen molar-refractivity contribution in [2.45, 2.75) is 37.8 Å². The van der Waals surface area contributed by atoms with Crippen LogP contribution in [0.4, 0.5) is 0 Å². The Morgan fingerprint density at radius 3 is 2.43 bits per heavy atom. The number of carbonyl (C=O) groups excluding carboxylic acids is 1. The molecule has 8 nitrogen and oxygen atoms in total. The molecule has 4 aromatic rings. The zero-order valence-electron chi connectivity index (χ0n) is 20.6. The molecule has 2 radical (unpaired) electrons. The van der Waals surface area contributed by atoms with Gasteiger partial charge in [-0.3, -0.25) is 9.48 Å². The average molecular weight is 514 g/mol. The summed E-state index contributed by atoms with van der Waals surface area (Å²) >= 11 is 0. The summed E-state index contributed by atoms with van der Waals surface area (Å²) in [6.07, 6.45) is 2.03. The molecular formula is C27H27BN4O4S. The van der Waals surface area contributed by atoms with Gasteiger partial charge in [0.2, 0.25) is 5.91 Å².